The summed E-state index contributed by atoms with van der Waals surface area (Å²) in [5.41, 5.74) is 2.67. The van der Waals surface area contributed by atoms with E-state index in [0.29, 0.717) is 0 Å². The lowest BCUT2D eigenvalue weighted by atomic mass is 10.0. The summed E-state index contributed by atoms with van der Waals surface area (Å²) in [4.78, 5) is 2.21. The topological polar surface area (TPSA) is 15.3 Å². The lowest BCUT2D eigenvalue weighted by Gasteiger charge is -2.17. The summed E-state index contributed by atoms with van der Waals surface area (Å²) >= 11 is 0. The molecule has 19 heavy (non-hydrogen) atoms. The summed E-state index contributed by atoms with van der Waals surface area (Å²) in [7, 11) is 4.23. The van der Waals surface area contributed by atoms with E-state index in [-0.39, 0.29) is 0 Å². The van der Waals surface area contributed by atoms with Crippen molar-refractivity contribution in [3.8, 4) is 0 Å². The molecule has 0 bridgehead atoms. The minimum absolute atomic E-state index is 0.875. The molecule has 1 aliphatic carbocycles. The van der Waals surface area contributed by atoms with Crippen molar-refractivity contribution < 1.29 is 0 Å². The Hall–Kier alpha value is -1.02. The van der Waals surface area contributed by atoms with Gasteiger partial charge in [-0.25, -0.2) is 0 Å². The highest BCUT2D eigenvalue weighted by atomic mass is 15.0. The zero-order valence-electron chi connectivity index (χ0n) is 12.5. The molecule has 0 aromatic heterocycles. The zero-order valence-corrected chi connectivity index (χ0v) is 12.5. The number of nitrogens with one attached hydrogen (secondary N) is 1. The number of rotatable bonds is 5. The monoisotopic (exact) mass is 260 g/mol. The summed E-state index contributed by atoms with van der Waals surface area (Å²) in [6.07, 6.45) is 8.54. The maximum Gasteiger partial charge on any atom is 0.0343 e. The molecule has 0 spiro atoms. The van der Waals surface area contributed by atoms with Gasteiger partial charge in [0.15, 0.2) is 0 Å². The summed E-state index contributed by atoms with van der Waals surface area (Å²) in [6.45, 7) is 2.16. The third-order valence-corrected chi connectivity index (χ3v) is 4.00. The molecular formula is C17H28N2. The van der Waals surface area contributed by atoms with Gasteiger partial charge in [-0.15, -0.1) is 0 Å². The molecule has 0 radical (unpaired) electrons. The Balaban J connectivity index is 1.84. The van der Waals surface area contributed by atoms with Gasteiger partial charge < -0.3 is 10.2 Å². The van der Waals surface area contributed by atoms with Crippen LogP contribution in [-0.2, 0) is 6.54 Å². The van der Waals surface area contributed by atoms with Crippen LogP contribution >= 0.6 is 0 Å². The lowest BCUT2D eigenvalue weighted by Crippen LogP contribution is -2.14. The molecule has 1 aliphatic rings. The SMILES string of the molecule is CN(C)Cc1cccc(NCC2CCCCCC2)c1. The van der Waals surface area contributed by atoms with Gasteiger partial charge in [0.1, 0.15) is 0 Å². The molecule has 1 saturated carbocycles. The fraction of sp³-hybridized carbons (Fsp3) is 0.647. The van der Waals surface area contributed by atoms with Gasteiger partial charge in [-0.05, 0) is 50.6 Å². The van der Waals surface area contributed by atoms with Crippen molar-refractivity contribution in [3.63, 3.8) is 0 Å². The Morgan fingerprint density at radius 1 is 1.11 bits per heavy atom. The number of anilines is 1. The molecule has 0 atom stereocenters. The van der Waals surface area contributed by atoms with E-state index in [1.165, 1.54) is 49.8 Å². The molecule has 1 fully saturated rings. The van der Waals surface area contributed by atoms with Crippen LogP contribution in [0.1, 0.15) is 44.1 Å². The first-order chi connectivity index (χ1) is 9.24. The van der Waals surface area contributed by atoms with Crippen LogP contribution in [0.25, 0.3) is 0 Å². The van der Waals surface area contributed by atoms with Crippen LogP contribution in [-0.4, -0.2) is 25.5 Å². The van der Waals surface area contributed by atoms with E-state index < -0.39 is 0 Å². The molecule has 2 rings (SSSR count). The molecule has 0 aliphatic heterocycles. The van der Waals surface area contributed by atoms with Gasteiger partial charge in [-0.3, -0.25) is 0 Å². The Morgan fingerprint density at radius 3 is 2.53 bits per heavy atom. The van der Waals surface area contributed by atoms with Crippen LogP contribution in [0.3, 0.4) is 0 Å². The normalized spacial score (nSPS) is 17.4. The van der Waals surface area contributed by atoms with Crippen LogP contribution < -0.4 is 5.32 Å². The fourth-order valence-corrected chi connectivity index (χ4v) is 2.98. The van der Waals surface area contributed by atoms with Crippen LogP contribution in [0.5, 0.6) is 0 Å². The van der Waals surface area contributed by atoms with Crippen LogP contribution in [0.2, 0.25) is 0 Å². The second kappa shape index (κ2) is 7.54. The lowest BCUT2D eigenvalue weighted by molar-refractivity contribution is 0.402. The highest BCUT2D eigenvalue weighted by Crippen LogP contribution is 2.23. The van der Waals surface area contributed by atoms with Crippen LogP contribution in [0.15, 0.2) is 24.3 Å². The number of hydrogen-bond donors (Lipinski definition) is 1. The second-order valence-corrected chi connectivity index (χ2v) is 6.18. The molecule has 0 heterocycles. The van der Waals surface area contributed by atoms with Crippen molar-refractivity contribution in [1.29, 1.82) is 0 Å². The maximum atomic E-state index is 3.64. The van der Waals surface area contributed by atoms with E-state index in [4.69, 9.17) is 0 Å². The summed E-state index contributed by atoms with van der Waals surface area (Å²) < 4.78 is 0. The Kier molecular flexibility index (Phi) is 5.71. The summed E-state index contributed by atoms with van der Waals surface area (Å²) in [5.74, 6) is 0.875. The van der Waals surface area contributed by atoms with Gasteiger partial charge in [-0.2, -0.15) is 0 Å². The quantitative estimate of drug-likeness (QED) is 0.801. The van der Waals surface area contributed by atoms with Gasteiger partial charge in [0.25, 0.3) is 0 Å². The predicted octanol–water partition coefficient (Wildman–Crippen LogP) is 4.13. The van der Waals surface area contributed by atoms with Crippen molar-refractivity contribution >= 4 is 5.69 Å². The van der Waals surface area contributed by atoms with E-state index in [1.807, 2.05) is 0 Å². The van der Waals surface area contributed by atoms with Crippen LogP contribution in [0.4, 0.5) is 5.69 Å². The summed E-state index contributed by atoms with van der Waals surface area (Å²) in [5, 5.41) is 3.64. The van der Waals surface area contributed by atoms with Crippen molar-refractivity contribution in [2.75, 3.05) is 26.0 Å². The molecule has 2 heteroatoms. The Labute approximate surface area is 118 Å². The van der Waals surface area contributed by atoms with E-state index in [2.05, 4.69) is 48.6 Å². The molecule has 0 unspecified atom stereocenters. The number of nitrogens with zero attached hydrogens (tertiary/aromatic N) is 1. The molecular weight excluding hydrogens is 232 g/mol. The minimum atomic E-state index is 0.875. The highest BCUT2D eigenvalue weighted by Gasteiger charge is 2.11. The van der Waals surface area contributed by atoms with Crippen LogP contribution in [0, 0.1) is 5.92 Å². The van der Waals surface area contributed by atoms with Crippen molar-refractivity contribution in [3.05, 3.63) is 29.8 Å². The van der Waals surface area contributed by atoms with Crippen molar-refractivity contribution in [2.24, 2.45) is 5.92 Å². The van der Waals surface area contributed by atoms with Gasteiger partial charge in [0.05, 0.1) is 0 Å². The third kappa shape index (κ3) is 5.23. The predicted molar refractivity (Wildman–Crippen MR) is 83.5 cm³/mol. The fourth-order valence-electron chi connectivity index (χ4n) is 2.98. The average Bonchev–Trinajstić information content (AvgIpc) is 2.64. The standard InChI is InChI=1S/C17H28N2/c1-19(2)14-16-10-7-11-17(12-16)18-13-15-8-5-3-4-6-9-15/h7,10-12,15,18H,3-6,8-9,13-14H2,1-2H3. The van der Waals surface area contributed by atoms with E-state index in [9.17, 15) is 0 Å². The largest absolute Gasteiger partial charge is 0.385 e. The summed E-state index contributed by atoms with van der Waals surface area (Å²) in [6, 6.07) is 8.84. The molecule has 0 saturated heterocycles. The molecule has 1 N–H and O–H groups in total. The average molecular weight is 260 g/mol. The number of benzene rings is 1. The van der Waals surface area contributed by atoms with Crippen molar-refractivity contribution in [1.82, 2.24) is 4.90 Å². The van der Waals surface area contributed by atoms with E-state index in [0.717, 1.165) is 19.0 Å². The van der Waals surface area contributed by atoms with Gasteiger partial charge in [-0.1, -0.05) is 37.8 Å². The molecule has 0 amide bonds. The molecule has 106 valence electrons. The first-order valence-corrected chi connectivity index (χ1v) is 7.71. The van der Waals surface area contributed by atoms with E-state index in [1.54, 1.807) is 0 Å². The maximum absolute atomic E-state index is 3.64. The van der Waals surface area contributed by atoms with Crippen molar-refractivity contribution in [2.45, 2.75) is 45.1 Å². The van der Waals surface area contributed by atoms with Gasteiger partial charge in [0, 0.05) is 18.8 Å². The first-order valence-electron chi connectivity index (χ1n) is 7.71. The zero-order chi connectivity index (χ0) is 13.5. The van der Waals surface area contributed by atoms with Gasteiger partial charge in [0.2, 0.25) is 0 Å². The van der Waals surface area contributed by atoms with Gasteiger partial charge >= 0.3 is 0 Å². The Bertz CT molecular complexity index is 365. The second-order valence-electron chi connectivity index (χ2n) is 6.18. The third-order valence-electron chi connectivity index (χ3n) is 4.00. The first kappa shape index (κ1) is 14.4. The minimum Gasteiger partial charge on any atom is -0.385 e. The molecule has 1 aromatic carbocycles. The van der Waals surface area contributed by atoms with E-state index >= 15 is 0 Å². The highest BCUT2D eigenvalue weighted by molar-refractivity contribution is 5.45. The molecule has 2 nitrogen and oxygen atoms in total. The smallest absolute Gasteiger partial charge is 0.0343 e. The molecule has 1 aromatic rings. The Morgan fingerprint density at radius 2 is 1.84 bits per heavy atom. The number of hydrogen-bond acceptors (Lipinski definition) is 2.